The van der Waals surface area contributed by atoms with Crippen LogP contribution in [0.25, 0.3) is 0 Å². The first-order chi connectivity index (χ1) is 7.70. The van der Waals surface area contributed by atoms with E-state index in [-0.39, 0.29) is 30.4 Å². The molecule has 0 bridgehead atoms. The lowest BCUT2D eigenvalue weighted by atomic mass is 9.66. The predicted octanol–water partition coefficient (Wildman–Crippen LogP) is 2.31. The number of ether oxygens (including phenoxy) is 2. The van der Waals surface area contributed by atoms with Crippen molar-refractivity contribution in [3.05, 3.63) is 0 Å². The van der Waals surface area contributed by atoms with Gasteiger partial charge in [-0.25, -0.2) is 0 Å². The van der Waals surface area contributed by atoms with Crippen molar-refractivity contribution < 1.29 is 19.1 Å². The summed E-state index contributed by atoms with van der Waals surface area (Å²) in [7, 11) is 0. The minimum Gasteiger partial charge on any atom is -0.462 e. The van der Waals surface area contributed by atoms with E-state index in [0.29, 0.717) is 6.42 Å². The zero-order valence-corrected chi connectivity index (χ0v) is 11.3. The lowest BCUT2D eigenvalue weighted by Crippen LogP contribution is -2.42. The molecule has 2 atom stereocenters. The Bertz CT molecular complexity index is 316. The van der Waals surface area contributed by atoms with E-state index in [1.54, 1.807) is 0 Å². The third-order valence-electron chi connectivity index (χ3n) is 3.91. The Morgan fingerprint density at radius 2 is 2.00 bits per heavy atom. The fourth-order valence-electron chi connectivity index (χ4n) is 1.83. The number of hydrogen-bond acceptors (Lipinski definition) is 4. The summed E-state index contributed by atoms with van der Waals surface area (Å²) >= 11 is 0. The zero-order valence-electron chi connectivity index (χ0n) is 11.3. The van der Waals surface area contributed by atoms with Gasteiger partial charge in [-0.1, -0.05) is 27.7 Å². The molecule has 2 unspecified atom stereocenters. The van der Waals surface area contributed by atoms with Gasteiger partial charge in [0.1, 0.15) is 12.7 Å². The molecule has 0 amide bonds. The van der Waals surface area contributed by atoms with Gasteiger partial charge in [0, 0.05) is 0 Å². The zero-order chi connectivity index (χ0) is 13.3. The first-order valence-electron chi connectivity index (χ1n) is 6.07. The Kier molecular flexibility index (Phi) is 3.84. The Balaban J connectivity index is 2.71. The third kappa shape index (κ3) is 2.79. The topological polar surface area (TPSA) is 52.6 Å². The molecule has 0 saturated carbocycles. The Hall–Kier alpha value is -1.06. The molecule has 0 radical (unpaired) electrons. The largest absolute Gasteiger partial charge is 0.462 e. The van der Waals surface area contributed by atoms with Crippen LogP contribution in [0.3, 0.4) is 0 Å². The second-order valence-corrected chi connectivity index (χ2v) is 5.85. The molecule has 0 aromatic carbocycles. The molecule has 1 saturated heterocycles. The number of rotatable bonds is 3. The van der Waals surface area contributed by atoms with Crippen LogP contribution in [0, 0.1) is 10.8 Å². The van der Waals surface area contributed by atoms with E-state index >= 15 is 0 Å². The van der Waals surface area contributed by atoms with Crippen LogP contribution in [-0.4, -0.2) is 24.6 Å². The van der Waals surface area contributed by atoms with Crippen LogP contribution in [0.5, 0.6) is 0 Å². The van der Waals surface area contributed by atoms with Crippen LogP contribution >= 0.6 is 0 Å². The van der Waals surface area contributed by atoms with Crippen molar-refractivity contribution in [2.75, 3.05) is 6.61 Å². The summed E-state index contributed by atoms with van der Waals surface area (Å²) in [5.41, 5.74) is -0.721. The highest BCUT2D eigenvalue weighted by molar-refractivity contribution is 5.78. The van der Waals surface area contributed by atoms with Gasteiger partial charge in [-0.2, -0.15) is 0 Å². The average molecular weight is 242 g/mol. The predicted molar refractivity (Wildman–Crippen MR) is 63.3 cm³/mol. The van der Waals surface area contributed by atoms with E-state index in [4.69, 9.17) is 9.47 Å². The van der Waals surface area contributed by atoms with Gasteiger partial charge in [0.15, 0.2) is 0 Å². The molecule has 0 aliphatic carbocycles. The average Bonchev–Trinajstić information content (AvgIpc) is 2.60. The quantitative estimate of drug-likeness (QED) is 0.713. The van der Waals surface area contributed by atoms with Crippen LogP contribution in [0.2, 0.25) is 0 Å². The third-order valence-corrected chi connectivity index (χ3v) is 3.91. The van der Waals surface area contributed by atoms with Crippen molar-refractivity contribution >= 4 is 11.9 Å². The van der Waals surface area contributed by atoms with Gasteiger partial charge in [0.05, 0.1) is 11.8 Å². The van der Waals surface area contributed by atoms with Gasteiger partial charge in [-0.3, -0.25) is 9.59 Å². The van der Waals surface area contributed by atoms with Gasteiger partial charge in [-0.15, -0.1) is 0 Å². The maximum absolute atomic E-state index is 12.2. The van der Waals surface area contributed by atoms with E-state index in [1.165, 1.54) is 0 Å². The van der Waals surface area contributed by atoms with Gasteiger partial charge in [-0.05, 0) is 18.8 Å². The van der Waals surface area contributed by atoms with E-state index in [2.05, 4.69) is 0 Å². The maximum Gasteiger partial charge on any atom is 0.312 e. The molecule has 0 N–H and O–H groups in total. The molecule has 98 valence electrons. The molecular weight excluding hydrogens is 220 g/mol. The molecule has 4 nitrogen and oxygen atoms in total. The SMILES string of the molecule is CCC(C)(C(=O)OC1COC(=O)C1)C(C)(C)C. The molecule has 17 heavy (non-hydrogen) atoms. The van der Waals surface area contributed by atoms with Crippen molar-refractivity contribution in [2.45, 2.75) is 53.6 Å². The highest BCUT2D eigenvalue weighted by Crippen LogP contribution is 2.42. The lowest BCUT2D eigenvalue weighted by molar-refractivity contribution is -0.167. The van der Waals surface area contributed by atoms with Crippen LogP contribution in [-0.2, 0) is 19.1 Å². The molecule has 0 aromatic rings. The van der Waals surface area contributed by atoms with E-state index in [9.17, 15) is 9.59 Å². The van der Waals surface area contributed by atoms with E-state index < -0.39 is 11.5 Å². The number of carbonyl (C=O) groups is 2. The highest BCUT2D eigenvalue weighted by atomic mass is 16.6. The number of carbonyl (C=O) groups excluding carboxylic acids is 2. The molecule has 1 rings (SSSR count). The lowest BCUT2D eigenvalue weighted by Gasteiger charge is -2.39. The normalized spacial score (nSPS) is 24.1. The highest BCUT2D eigenvalue weighted by Gasteiger charge is 2.45. The summed E-state index contributed by atoms with van der Waals surface area (Å²) in [6.07, 6.45) is 0.468. The summed E-state index contributed by atoms with van der Waals surface area (Å²) in [5, 5.41) is 0. The fourth-order valence-corrected chi connectivity index (χ4v) is 1.83. The van der Waals surface area contributed by atoms with Gasteiger partial charge < -0.3 is 9.47 Å². The van der Waals surface area contributed by atoms with Crippen LogP contribution < -0.4 is 0 Å². The van der Waals surface area contributed by atoms with Crippen molar-refractivity contribution in [3.8, 4) is 0 Å². The molecule has 1 aliphatic rings. The summed E-state index contributed by atoms with van der Waals surface area (Å²) in [5.74, 6) is -0.535. The monoisotopic (exact) mass is 242 g/mol. The first-order valence-corrected chi connectivity index (χ1v) is 6.07. The van der Waals surface area contributed by atoms with Crippen molar-refractivity contribution in [1.82, 2.24) is 0 Å². The number of hydrogen-bond donors (Lipinski definition) is 0. The Morgan fingerprint density at radius 1 is 1.41 bits per heavy atom. The second kappa shape index (κ2) is 4.67. The molecule has 1 fully saturated rings. The van der Waals surface area contributed by atoms with E-state index in [0.717, 1.165) is 0 Å². The Labute approximate surface area is 103 Å². The summed E-state index contributed by atoms with van der Waals surface area (Å²) in [6.45, 7) is 10.1. The number of esters is 2. The minimum absolute atomic E-state index is 0.176. The molecule has 1 aliphatic heterocycles. The van der Waals surface area contributed by atoms with Crippen LogP contribution in [0.15, 0.2) is 0 Å². The number of cyclic esters (lactones) is 1. The first kappa shape index (κ1) is 14.0. The minimum atomic E-state index is -0.543. The van der Waals surface area contributed by atoms with Gasteiger partial charge >= 0.3 is 11.9 Å². The molecular formula is C13H22O4. The summed E-state index contributed by atoms with van der Waals surface area (Å²) in [4.78, 5) is 23.2. The van der Waals surface area contributed by atoms with Crippen LogP contribution in [0.4, 0.5) is 0 Å². The fraction of sp³-hybridized carbons (Fsp3) is 0.846. The van der Waals surface area contributed by atoms with Crippen LogP contribution in [0.1, 0.15) is 47.5 Å². The van der Waals surface area contributed by atoms with Crippen molar-refractivity contribution in [2.24, 2.45) is 10.8 Å². The van der Waals surface area contributed by atoms with E-state index in [1.807, 2.05) is 34.6 Å². The molecule has 0 spiro atoms. The summed E-state index contributed by atoms with van der Waals surface area (Å²) in [6, 6.07) is 0. The smallest absolute Gasteiger partial charge is 0.312 e. The van der Waals surface area contributed by atoms with Gasteiger partial charge in [0.2, 0.25) is 0 Å². The van der Waals surface area contributed by atoms with Gasteiger partial charge in [0.25, 0.3) is 0 Å². The molecule has 4 heteroatoms. The standard InChI is InChI=1S/C13H22O4/c1-6-13(5,12(2,3)4)11(15)17-9-7-10(14)16-8-9/h9H,6-8H2,1-5H3. The second-order valence-electron chi connectivity index (χ2n) is 5.85. The molecule has 0 aromatic heterocycles. The van der Waals surface area contributed by atoms with Crippen molar-refractivity contribution in [1.29, 1.82) is 0 Å². The Morgan fingerprint density at radius 3 is 2.35 bits per heavy atom. The van der Waals surface area contributed by atoms with Crippen molar-refractivity contribution in [3.63, 3.8) is 0 Å². The summed E-state index contributed by atoms with van der Waals surface area (Å²) < 4.78 is 10.2. The maximum atomic E-state index is 12.2. The molecule has 1 heterocycles.